The monoisotopic (exact) mass is 445 g/mol. The number of carbonyl (C=O) groups is 2. The van der Waals surface area contributed by atoms with E-state index in [0.717, 1.165) is 23.1 Å². The van der Waals surface area contributed by atoms with Crippen molar-refractivity contribution in [1.29, 1.82) is 0 Å². The highest BCUT2D eigenvalue weighted by molar-refractivity contribution is 9.10. The van der Waals surface area contributed by atoms with E-state index in [9.17, 15) is 9.59 Å². The molecule has 28 heavy (non-hydrogen) atoms. The lowest BCUT2D eigenvalue weighted by molar-refractivity contribution is -0.121. The van der Waals surface area contributed by atoms with Gasteiger partial charge in [0.05, 0.1) is 25.8 Å². The molecule has 2 aromatic rings. The Bertz CT molecular complexity index is 777. The fourth-order valence-corrected chi connectivity index (χ4v) is 3.34. The molecule has 2 N–H and O–H groups in total. The van der Waals surface area contributed by atoms with E-state index in [0.29, 0.717) is 25.3 Å². The van der Waals surface area contributed by atoms with Crippen LogP contribution in [0, 0.1) is 0 Å². The van der Waals surface area contributed by atoms with Gasteiger partial charge in [-0.05, 0) is 29.8 Å². The van der Waals surface area contributed by atoms with E-state index in [2.05, 4.69) is 31.5 Å². The Balaban J connectivity index is 1.57. The van der Waals surface area contributed by atoms with Gasteiger partial charge in [-0.3, -0.25) is 14.5 Å². The molecule has 1 fully saturated rings. The SMILES string of the molecule is O=C(CNC(=O)c1ccc(Br)cc1)NC(CN1CCOCC1)c1ccccc1. The minimum atomic E-state index is -0.271. The van der Waals surface area contributed by atoms with Crippen LogP contribution in [-0.4, -0.2) is 56.1 Å². The van der Waals surface area contributed by atoms with Gasteiger partial charge in [-0.1, -0.05) is 46.3 Å². The summed E-state index contributed by atoms with van der Waals surface area (Å²) in [7, 11) is 0. The van der Waals surface area contributed by atoms with Crippen molar-refractivity contribution < 1.29 is 14.3 Å². The summed E-state index contributed by atoms with van der Waals surface area (Å²) >= 11 is 3.34. The van der Waals surface area contributed by atoms with Crippen LogP contribution in [0.4, 0.5) is 0 Å². The van der Waals surface area contributed by atoms with Gasteiger partial charge in [-0.25, -0.2) is 0 Å². The lowest BCUT2D eigenvalue weighted by Crippen LogP contribution is -2.45. The Morgan fingerprint density at radius 2 is 1.71 bits per heavy atom. The fourth-order valence-electron chi connectivity index (χ4n) is 3.07. The summed E-state index contributed by atoms with van der Waals surface area (Å²) in [6.07, 6.45) is 0. The molecule has 6 nitrogen and oxygen atoms in total. The van der Waals surface area contributed by atoms with E-state index in [-0.39, 0.29) is 24.4 Å². The summed E-state index contributed by atoms with van der Waals surface area (Å²) in [5.74, 6) is -0.486. The minimum Gasteiger partial charge on any atom is -0.379 e. The second-order valence-corrected chi connectivity index (χ2v) is 7.55. The van der Waals surface area contributed by atoms with E-state index < -0.39 is 0 Å². The molecule has 0 saturated carbocycles. The van der Waals surface area contributed by atoms with Crippen LogP contribution >= 0.6 is 15.9 Å². The molecule has 0 spiro atoms. The summed E-state index contributed by atoms with van der Waals surface area (Å²) in [6.45, 7) is 3.75. The molecule has 0 radical (unpaired) electrons. The number of nitrogens with zero attached hydrogens (tertiary/aromatic N) is 1. The molecule has 1 unspecified atom stereocenters. The number of benzene rings is 2. The Labute approximate surface area is 173 Å². The van der Waals surface area contributed by atoms with Crippen molar-refractivity contribution in [3.8, 4) is 0 Å². The predicted molar refractivity (Wildman–Crippen MR) is 111 cm³/mol. The van der Waals surface area contributed by atoms with Gasteiger partial charge in [0.15, 0.2) is 0 Å². The van der Waals surface area contributed by atoms with Crippen LogP contribution in [0.2, 0.25) is 0 Å². The topological polar surface area (TPSA) is 70.7 Å². The smallest absolute Gasteiger partial charge is 0.251 e. The standard InChI is InChI=1S/C21H24BrN3O3/c22-18-8-6-17(7-9-18)21(27)23-14-20(26)24-19(16-4-2-1-3-5-16)15-25-10-12-28-13-11-25/h1-9,19H,10-15H2,(H,23,27)(H,24,26). The van der Waals surface area contributed by atoms with Crippen molar-refractivity contribution in [1.82, 2.24) is 15.5 Å². The first-order valence-corrected chi connectivity index (χ1v) is 10.1. The Kier molecular flexibility index (Phi) is 7.59. The van der Waals surface area contributed by atoms with Gasteiger partial charge in [0, 0.05) is 29.7 Å². The van der Waals surface area contributed by atoms with Crippen LogP contribution in [0.5, 0.6) is 0 Å². The number of ether oxygens (including phenoxy) is 1. The molecule has 1 saturated heterocycles. The average Bonchev–Trinajstić information content (AvgIpc) is 2.73. The number of hydrogen-bond donors (Lipinski definition) is 2. The number of carbonyl (C=O) groups excluding carboxylic acids is 2. The number of morpholine rings is 1. The molecule has 0 aliphatic carbocycles. The number of hydrogen-bond acceptors (Lipinski definition) is 4. The predicted octanol–water partition coefficient (Wildman–Crippen LogP) is 2.37. The molecular formula is C21H24BrN3O3. The second kappa shape index (κ2) is 10.4. The lowest BCUT2D eigenvalue weighted by Gasteiger charge is -2.31. The molecule has 1 heterocycles. The molecule has 0 aromatic heterocycles. The first kappa shape index (κ1) is 20.5. The Hall–Kier alpha value is -2.22. The van der Waals surface area contributed by atoms with Gasteiger partial charge in [-0.2, -0.15) is 0 Å². The van der Waals surface area contributed by atoms with Crippen molar-refractivity contribution in [2.24, 2.45) is 0 Å². The van der Waals surface area contributed by atoms with Gasteiger partial charge >= 0.3 is 0 Å². The van der Waals surface area contributed by atoms with Crippen molar-refractivity contribution in [2.45, 2.75) is 6.04 Å². The largest absolute Gasteiger partial charge is 0.379 e. The fraction of sp³-hybridized carbons (Fsp3) is 0.333. The minimum absolute atomic E-state index is 0.0681. The van der Waals surface area contributed by atoms with E-state index in [1.807, 2.05) is 30.3 Å². The number of amides is 2. The lowest BCUT2D eigenvalue weighted by atomic mass is 10.1. The van der Waals surface area contributed by atoms with Crippen molar-refractivity contribution in [3.63, 3.8) is 0 Å². The van der Waals surface area contributed by atoms with Gasteiger partial charge in [0.2, 0.25) is 5.91 Å². The number of rotatable bonds is 7. The van der Waals surface area contributed by atoms with Gasteiger partial charge in [-0.15, -0.1) is 0 Å². The van der Waals surface area contributed by atoms with Crippen LogP contribution in [0.25, 0.3) is 0 Å². The Morgan fingerprint density at radius 1 is 1.04 bits per heavy atom. The molecule has 0 bridgehead atoms. The maximum absolute atomic E-state index is 12.5. The summed E-state index contributed by atoms with van der Waals surface area (Å²) in [5.41, 5.74) is 1.56. The summed E-state index contributed by atoms with van der Waals surface area (Å²) < 4.78 is 6.30. The van der Waals surface area contributed by atoms with E-state index in [4.69, 9.17) is 4.74 Å². The highest BCUT2D eigenvalue weighted by Gasteiger charge is 2.20. The quantitative estimate of drug-likeness (QED) is 0.686. The summed E-state index contributed by atoms with van der Waals surface area (Å²) in [4.78, 5) is 27.0. The first-order chi connectivity index (χ1) is 13.6. The van der Waals surface area contributed by atoms with Crippen LogP contribution in [0.15, 0.2) is 59.1 Å². The zero-order valence-corrected chi connectivity index (χ0v) is 17.2. The van der Waals surface area contributed by atoms with E-state index in [1.54, 1.807) is 24.3 Å². The highest BCUT2D eigenvalue weighted by Crippen LogP contribution is 2.15. The third-order valence-electron chi connectivity index (χ3n) is 4.60. The van der Waals surface area contributed by atoms with Crippen LogP contribution in [0.3, 0.4) is 0 Å². The maximum atomic E-state index is 12.5. The summed E-state index contributed by atoms with van der Waals surface area (Å²) in [5, 5.41) is 5.73. The average molecular weight is 446 g/mol. The molecular weight excluding hydrogens is 422 g/mol. The third-order valence-corrected chi connectivity index (χ3v) is 5.13. The molecule has 148 valence electrons. The second-order valence-electron chi connectivity index (χ2n) is 6.63. The number of nitrogens with one attached hydrogen (secondary N) is 2. The van der Waals surface area contributed by atoms with Crippen LogP contribution in [0.1, 0.15) is 22.0 Å². The van der Waals surface area contributed by atoms with Gasteiger partial charge in [0.25, 0.3) is 5.91 Å². The molecule has 1 atom stereocenters. The third kappa shape index (κ3) is 6.15. The molecule has 2 amide bonds. The zero-order valence-electron chi connectivity index (χ0n) is 15.6. The van der Waals surface area contributed by atoms with Crippen molar-refractivity contribution >= 4 is 27.7 Å². The molecule has 1 aliphatic heterocycles. The van der Waals surface area contributed by atoms with E-state index >= 15 is 0 Å². The Morgan fingerprint density at radius 3 is 2.39 bits per heavy atom. The summed E-state index contributed by atoms with van der Waals surface area (Å²) in [6, 6.07) is 16.8. The molecule has 2 aromatic carbocycles. The zero-order chi connectivity index (χ0) is 19.8. The molecule has 3 rings (SSSR count). The van der Waals surface area contributed by atoms with Gasteiger partial charge in [0.1, 0.15) is 0 Å². The molecule has 7 heteroatoms. The van der Waals surface area contributed by atoms with Crippen molar-refractivity contribution in [3.05, 3.63) is 70.2 Å². The number of halogens is 1. The van der Waals surface area contributed by atoms with Gasteiger partial charge < -0.3 is 15.4 Å². The van der Waals surface area contributed by atoms with Crippen LogP contribution in [-0.2, 0) is 9.53 Å². The first-order valence-electron chi connectivity index (χ1n) is 9.30. The maximum Gasteiger partial charge on any atom is 0.251 e. The van der Waals surface area contributed by atoms with Crippen LogP contribution < -0.4 is 10.6 Å². The molecule has 1 aliphatic rings. The van der Waals surface area contributed by atoms with Crippen molar-refractivity contribution in [2.75, 3.05) is 39.4 Å². The normalized spacial score (nSPS) is 15.6. The highest BCUT2D eigenvalue weighted by atomic mass is 79.9. The van der Waals surface area contributed by atoms with E-state index in [1.165, 1.54) is 0 Å².